The SMILES string of the molecule is CC(=O)N[C@H]1C(O)[C@@H](O)C(CO)O[C@H]1OCCCCCCOP(=O)(O)OCCCOCC(COCCCOP(=O)(O)OCCCCCCO[C@@H]1OC(CO)[C@H](O)C(O)[C@@H]1NC(C)=O)(COCCCOP(=O)(O)OCCCCCCO[C@@H]1OC(CO)[C@H](O)C(O)[C@@H]1NC(C)=O)COP(=O)(O)OC[C@H]1O[C@@H](C)CC1OP(=O)(O)C(C)C. The van der Waals surface area contributed by atoms with E-state index < -0.39 is 231 Å². The van der Waals surface area contributed by atoms with Crippen LogP contribution in [0.15, 0.2) is 0 Å². The van der Waals surface area contributed by atoms with Gasteiger partial charge in [-0.1, -0.05) is 52.4 Å². The maximum Gasteiger partial charge on any atom is 0.472 e. The van der Waals surface area contributed by atoms with E-state index in [-0.39, 0.29) is 105 Å². The molecule has 49 heteroatoms. The Morgan fingerprint density at radius 3 is 0.965 bits per heavy atom. The van der Waals surface area contributed by atoms with Crippen LogP contribution < -0.4 is 16.0 Å². The van der Waals surface area contributed by atoms with Crippen molar-refractivity contribution in [2.75, 3.05) is 132 Å². The molecule has 672 valence electrons. The maximum absolute atomic E-state index is 13.8. The van der Waals surface area contributed by atoms with Gasteiger partial charge in [-0.3, -0.25) is 55.1 Å². The van der Waals surface area contributed by atoms with Gasteiger partial charge in [-0.25, -0.2) is 18.3 Å². The lowest BCUT2D eigenvalue weighted by Gasteiger charge is -2.42. The Morgan fingerprint density at radius 2 is 0.675 bits per heavy atom. The van der Waals surface area contributed by atoms with Crippen molar-refractivity contribution in [3.63, 3.8) is 0 Å². The summed E-state index contributed by atoms with van der Waals surface area (Å²) < 4.78 is 171. The minimum Gasteiger partial charge on any atom is -0.394 e. The second-order valence-electron chi connectivity index (χ2n) is 28.3. The molecular weight excluding hydrogens is 1630 g/mol. The van der Waals surface area contributed by atoms with E-state index in [2.05, 4.69) is 16.0 Å². The van der Waals surface area contributed by atoms with Crippen molar-refractivity contribution < 1.29 is 196 Å². The van der Waals surface area contributed by atoms with Crippen LogP contribution in [-0.2, 0) is 125 Å². The Hall–Kier alpha value is -1.76. The van der Waals surface area contributed by atoms with E-state index in [1.807, 2.05) is 0 Å². The number of amides is 3. The van der Waals surface area contributed by atoms with Gasteiger partial charge in [-0.05, 0) is 64.7 Å². The van der Waals surface area contributed by atoms with E-state index in [1.54, 1.807) is 6.92 Å². The summed E-state index contributed by atoms with van der Waals surface area (Å²) in [5, 5.41) is 98.5. The van der Waals surface area contributed by atoms with Crippen molar-refractivity contribution in [1.29, 1.82) is 0 Å². The van der Waals surface area contributed by atoms with Gasteiger partial charge in [0, 0.05) is 66.8 Å². The molecule has 17 N–H and O–H groups in total. The Labute approximate surface area is 663 Å². The van der Waals surface area contributed by atoms with Gasteiger partial charge in [0.05, 0.1) is 116 Å². The summed E-state index contributed by atoms with van der Waals surface area (Å²) in [6, 6.07) is -3.34. The van der Waals surface area contributed by atoms with Gasteiger partial charge in [0.1, 0.15) is 79.2 Å². The zero-order valence-electron chi connectivity index (χ0n) is 65.4. The summed E-state index contributed by atoms with van der Waals surface area (Å²) in [5.74, 6) is -1.54. The maximum atomic E-state index is 13.8. The first-order valence-corrected chi connectivity index (χ1v) is 45.8. The monoisotopic (exact) mass is 1760 g/mol. The first kappa shape index (κ1) is 105. The minimum absolute atomic E-state index is 0.0427. The number of unbranched alkanes of at least 4 members (excludes halogenated alkanes) is 9. The summed E-state index contributed by atoms with van der Waals surface area (Å²) in [7, 11) is -23.1. The molecule has 4 aliphatic rings. The Morgan fingerprint density at radius 1 is 0.386 bits per heavy atom. The lowest BCUT2D eigenvalue weighted by molar-refractivity contribution is -0.270. The van der Waals surface area contributed by atoms with Crippen LogP contribution in [0.1, 0.15) is 144 Å². The highest BCUT2D eigenvalue weighted by Gasteiger charge is 2.49. The van der Waals surface area contributed by atoms with Crippen LogP contribution >= 0.6 is 38.9 Å². The van der Waals surface area contributed by atoms with Gasteiger partial charge < -0.3 is 138 Å². The molecule has 0 aromatic rings. The molecule has 0 radical (unpaired) electrons. The lowest BCUT2D eigenvalue weighted by Crippen LogP contribution is -2.64. The molecule has 4 rings (SSSR count). The van der Waals surface area contributed by atoms with Crippen LogP contribution in [0, 0.1) is 5.41 Å². The van der Waals surface area contributed by atoms with E-state index in [9.17, 15) is 108 Å². The van der Waals surface area contributed by atoms with E-state index in [1.165, 1.54) is 34.6 Å². The number of phosphoric acid groups is 4. The average Bonchev–Trinajstić information content (AvgIpc) is 1.05. The second kappa shape index (κ2) is 54.0. The van der Waals surface area contributed by atoms with E-state index >= 15 is 0 Å². The van der Waals surface area contributed by atoms with Gasteiger partial charge in [0.2, 0.25) is 17.7 Å². The number of aliphatic hydroxyl groups excluding tert-OH is 9. The molecule has 3 amide bonds. The highest BCUT2D eigenvalue weighted by molar-refractivity contribution is 7.53. The highest BCUT2D eigenvalue weighted by Crippen LogP contribution is 2.52. The number of nitrogens with one attached hydrogen (secondary N) is 3. The van der Waals surface area contributed by atoms with Crippen molar-refractivity contribution in [3.05, 3.63) is 0 Å². The number of phosphoric ester groups is 4. The second-order valence-corrected chi connectivity index (χ2v) is 36.5. The van der Waals surface area contributed by atoms with Crippen molar-refractivity contribution in [1.82, 2.24) is 16.0 Å². The topological polar surface area (TPSA) is 631 Å². The number of carbonyl (C=O) groups excluding carboxylic acids is 3. The minimum atomic E-state index is -5.12. The third-order valence-corrected chi connectivity index (χ3v) is 23.9. The molecule has 4 fully saturated rings. The third kappa shape index (κ3) is 40.0. The molecule has 44 nitrogen and oxygen atoms in total. The van der Waals surface area contributed by atoms with E-state index in [0.29, 0.717) is 77.0 Å². The van der Waals surface area contributed by atoms with Gasteiger partial charge in [0.15, 0.2) is 18.9 Å². The predicted molar refractivity (Wildman–Crippen MR) is 394 cm³/mol. The molecule has 23 atom stereocenters. The smallest absolute Gasteiger partial charge is 0.394 e. The molecule has 4 heterocycles. The fraction of sp³-hybridized carbons (Fsp3) is 0.954. The normalized spacial score (nSPS) is 30.0. The Kier molecular flexibility index (Phi) is 49.5. The number of aliphatic hydroxyl groups is 9. The molecule has 0 saturated carbocycles. The van der Waals surface area contributed by atoms with Crippen LogP contribution in [-0.4, -0.2) is 336 Å². The predicted octanol–water partition coefficient (Wildman–Crippen LogP) is 0.446. The summed E-state index contributed by atoms with van der Waals surface area (Å²) in [6.07, 6.45) is -13.1. The summed E-state index contributed by atoms with van der Waals surface area (Å²) >= 11 is 0. The van der Waals surface area contributed by atoms with Crippen molar-refractivity contribution in [3.8, 4) is 0 Å². The molecule has 4 aliphatic heterocycles. The van der Waals surface area contributed by atoms with Crippen LogP contribution in [0.3, 0.4) is 0 Å². The molecular formula is C65H126N3O41P5. The van der Waals surface area contributed by atoms with E-state index in [0.717, 1.165) is 0 Å². The summed E-state index contributed by atoms with van der Waals surface area (Å²) in [5.41, 5.74) is -2.39. The first-order valence-electron chi connectivity index (χ1n) is 38.2. The van der Waals surface area contributed by atoms with Gasteiger partial charge in [-0.15, -0.1) is 0 Å². The zero-order chi connectivity index (χ0) is 84.7. The van der Waals surface area contributed by atoms with Crippen molar-refractivity contribution in [2.24, 2.45) is 5.41 Å². The molecule has 0 aliphatic carbocycles. The lowest BCUT2D eigenvalue weighted by atomic mass is 9.92. The third-order valence-electron chi connectivity index (χ3n) is 18.0. The van der Waals surface area contributed by atoms with Crippen LogP contribution in [0.4, 0.5) is 0 Å². The van der Waals surface area contributed by atoms with Crippen LogP contribution in [0.25, 0.3) is 0 Å². The number of ether oxygens (including phenoxy) is 10. The largest absolute Gasteiger partial charge is 0.472 e. The molecule has 0 spiro atoms. The molecule has 114 heavy (non-hydrogen) atoms. The van der Waals surface area contributed by atoms with Gasteiger partial charge in [0.25, 0.3) is 0 Å². The van der Waals surface area contributed by atoms with E-state index in [4.69, 9.17) is 88.1 Å². The van der Waals surface area contributed by atoms with Crippen molar-refractivity contribution >= 4 is 56.6 Å². The Balaban J connectivity index is 1.35. The molecule has 12 unspecified atom stereocenters. The standard InChI is InChI=1S/C65H126N3O41P5/c1-43(2)110(81,82)109-48-34-44(3)105-52(48)38-103-114(89,90)104-42-65(39-91-22-19-31-100-111(83,84)97-28-16-10-7-13-25-94-62-53(66-45(4)72)59(78)56(75)49(35-69)106-62,40-92-23-20-32-101-112(85,86)98-29-17-11-8-14-26-95-63-54(67-46(5)73)60(79)57(76)50(36-70)107-63)41-93-24-21-33-102-113(87,88)99-30-18-12-9-15-27-96-64-55(68-47(6)74)61(80)58(77)51(37-71)108-64/h43-44,48-64,69-71,75-80H,7-42H2,1-6H3,(H,66,72)(H,67,73)(H,68,74)(H,81,82)(H,83,84)(H,85,86)(H,87,88)(H,89,90)/t44-,48?,49?,50?,51?,52+,53-,54-,55-,56-,57-,58-,59?,60?,61?,62+,63+,64+,65?/m0/s1. The van der Waals surface area contributed by atoms with Gasteiger partial charge >= 0.3 is 38.9 Å². The molecule has 0 aromatic carbocycles. The number of carbonyl (C=O) groups is 3. The molecule has 4 saturated heterocycles. The molecule has 0 bridgehead atoms. The first-order chi connectivity index (χ1) is 53.8. The van der Waals surface area contributed by atoms with Crippen LogP contribution in [0.5, 0.6) is 0 Å². The van der Waals surface area contributed by atoms with Gasteiger partial charge in [-0.2, -0.15) is 0 Å². The average molecular weight is 1760 g/mol. The fourth-order valence-electron chi connectivity index (χ4n) is 11.8. The zero-order valence-corrected chi connectivity index (χ0v) is 69.9. The van der Waals surface area contributed by atoms with Crippen molar-refractivity contribution in [2.45, 2.75) is 260 Å². The van der Waals surface area contributed by atoms with Crippen LogP contribution in [0.2, 0.25) is 0 Å². The fourth-order valence-corrected chi connectivity index (χ4v) is 15.9. The quantitative estimate of drug-likeness (QED) is 0.0290. The number of hydrogen-bond donors (Lipinski definition) is 17. The number of rotatable bonds is 63. The highest BCUT2D eigenvalue weighted by atomic mass is 31.2. The Bertz CT molecular complexity index is 2730. The summed E-state index contributed by atoms with van der Waals surface area (Å²) in [4.78, 5) is 88.4. The molecule has 0 aromatic heterocycles. The summed E-state index contributed by atoms with van der Waals surface area (Å²) in [6.45, 7) is 1.69. The number of hydrogen-bond acceptors (Lipinski definition) is 36.